The Hall–Kier alpha value is -0.860. The van der Waals surface area contributed by atoms with E-state index < -0.39 is 0 Å². The average Bonchev–Trinajstić information content (AvgIpc) is 2.20. The third-order valence-corrected chi connectivity index (χ3v) is 2.61. The summed E-state index contributed by atoms with van der Waals surface area (Å²) in [4.78, 5) is 0. The second-order valence-corrected chi connectivity index (χ2v) is 4.04. The van der Waals surface area contributed by atoms with E-state index in [2.05, 4.69) is 32.0 Å². The molecule has 1 rings (SSSR count). The van der Waals surface area contributed by atoms with E-state index in [4.69, 9.17) is 10.5 Å². The number of ether oxygens (including phenoxy) is 1. The van der Waals surface area contributed by atoms with E-state index in [1.807, 2.05) is 6.92 Å². The first-order chi connectivity index (χ1) is 7.13. The smallest absolute Gasteiger partial charge is 0.0620 e. The van der Waals surface area contributed by atoms with Crippen molar-refractivity contribution in [2.24, 2.45) is 5.73 Å². The Labute approximate surface area is 92.4 Å². The van der Waals surface area contributed by atoms with Crippen molar-refractivity contribution >= 4 is 0 Å². The van der Waals surface area contributed by atoms with E-state index in [-0.39, 0.29) is 6.04 Å². The van der Waals surface area contributed by atoms with Gasteiger partial charge in [-0.05, 0) is 43.9 Å². The highest BCUT2D eigenvalue weighted by molar-refractivity contribution is 5.30. The highest BCUT2D eigenvalue weighted by Crippen LogP contribution is 2.11. The van der Waals surface area contributed by atoms with Crippen LogP contribution >= 0.6 is 0 Å². The molecule has 0 bridgehead atoms. The second-order valence-electron chi connectivity index (χ2n) is 4.04. The molecular weight excluding hydrogens is 186 g/mol. The predicted octanol–water partition coefficient (Wildman–Crippen LogP) is 2.21. The minimum Gasteiger partial charge on any atom is -0.380 e. The topological polar surface area (TPSA) is 35.2 Å². The molecule has 1 aromatic rings. The van der Waals surface area contributed by atoms with Crippen LogP contribution in [-0.4, -0.2) is 19.3 Å². The molecule has 0 aromatic heterocycles. The summed E-state index contributed by atoms with van der Waals surface area (Å²) < 4.78 is 5.30. The molecule has 0 saturated carbocycles. The van der Waals surface area contributed by atoms with Gasteiger partial charge in [0.25, 0.3) is 0 Å². The molecule has 84 valence electrons. The van der Waals surface area contributed by atoms with Gasteiger partial charge in [0.05, 0.1) is 6.61 Å². The first-order valence-electron chi connectivity index (χ1n) is 5.53. The van der Waals surface area contributed by atoms with Gasteiger partial charge in [-0.3, -0.25) is 0 Å². The Bertz CT molecular complexity index is 309. The van der Waals surface area contributed by atoms with Crippen LogP contribution in [0.4, 0.5) is 0 Å². The first-order valence-corrected chi connectivity index (χ1v) is 5.53. The molecule has 2 heteroatoms. The summed E-state index contributed by atoms with van der Waals surface area (Å²) in [6, 6.07) is 6.61. The summed E-state index contributed by atoms with van der Waals surface area (Å²) in [5.41, 5.74) is 9.91. The molecule has 1 atom stereocenters. The number of hydrogen-bond acceptors (Lipinski definition) is 2. The molecule has 0 fully saturated rings. The summed E-state index contributed by atoms with van der Waals surface area (Å²) in [7, 11) is 0. The molecule has 1 aromatic carbocycles. The Morgan fingerprint density at radius 2 is 2.00 bits per heavy atom. The van der Waals surface area contributed by atoms with Gasteiger partial charge in [0.2, 0.25) is 0 Å². The number of benzene rings is 1. The Morgan fingerprint density at radius 3 is 2.60 bits per heavy atom. The molecular formula is C13H21NO. The van der Waals surface area contributed by atoms with E-state index in [0.717, 1.165) is 13.0 Å². The normalized spacial score (nSPS) is 12.8. The molecule has 15 heavy (non-hydrogen) atoms. The van der Waals surface area contributed by atoms with Crippen molar-refractivity contribution in [3.05, 3.63) is 34.9 Å². The quantitative estimate of drug-likeness (QED) is 0.803. The SMILES string of the molecule is CCOCC(N)Cc1ccc(C)c(C)c1. The maximum absolute atomic E-state index is 5.95. The van der Waals surface area contributed by atoms with Gasteiger partial charge in [0.15, 0.2) is 0 Å². The van der Waals surface area contributed by atoms with E-state index in [1.54, 1.807) is 0 Å². The Balaban J connectivity index is 2.53. The average molecular weight is 207 g/mol. The van der Waals surface area contributed by atoms with Crippen LogP contribution in [0.15, 0.2) is 18.2 Å². The van der Waals surface area contributed by atoms with Gasteiger partial charge in [0, 0.05) is 12.6 Å². The van der Waals surface area contributed by atoms with Crippen molar-refractivity contribution in [2.45, 2.75) is 33.2 Å². The highest BCUT2D eigenvalue weighted by Gasteiger charge is 2.04. The largest absolute Gasteiger partial charge is 0.380 e. The molecule has 0 radical (unpaired) electrons. The summed E-state index contributed by atoms with van der Waals surface area (Å²) in [5, 5.41) is 0. The lowest BCUT2D eigenvalue weighted by Gasteiger charge is -2.12. The number of rotatable bonds is 5. The Kier molecular flexibility index (Phi) is 4.79. The zero-order valence-electron chi connectivity index (χ0n) is 9.92. The van der Waals surface area contributed by atoms with Crippen LogP contribution < -0.4 is 5.73 Å². The minimum absolute atomic E-state index is 0.104. The van der Waals surface area contributed by atoms with Gasteiger partial charge in [-0.2, -0.15) is 0 Å². The third-order valence-electron chi connectivity index (χ3n) is 2.61. The van der Waals surface area contributed by atoms with Crippen LogP contribution in [0, 0.1) is 13.8 Å². The zero-order chi connectivity index (χ0) is 11.3. The van der Waals surface area contributed by atoms with Crippen molar-refractivity contribution in [1.29, 1.82) is 0 Å². The molecule has 0 aliphatic rings. The lowest BCUT2D eigenvalue weighted by molar-refractivity contribution is 0.133. The molecule has 0 amide bonds. The van der Waals surface area contributed by atoms with Gasteiger partial charge >= 0.3 is 0 Å². The first kappa shape index (κ1) is 12.2. The molecule has 2 N–H and O–H groups in total. The lowest BCUT2D eigenvalue weighted by atomic mass is 10.0. The van der Waals surface area contributed by atoms with Crippen molar-refractivity contribution in [2.75, 3.05) is 13.2 Å². The van der Waals surface area contributed by atoms with Crippen LogP contribution in [0.3, 0.4) is 0 Å². The molecule has 2 nitrogen and oxygen atoms in total. The summed E-state index contributed by atoms with van der Waals surface area (Å²) in [6.07, 6.45) is 0.890. The summed E-state index contributed by atoms with van der Waals surface area (Å²) in [5.74, 6) is 0. The molecule has 0 saturated heterocycles. The van der Waals surface area contributed by atoms with E-state index in [9.17, 15) is 0 Å². The van der Waals surface area contributed by atoms with E-state index in [0.29, 0.717) is 6.61 Å². The highest BCUT2D eigenvalue weighted by atomic mass is 16.5. The van der Waals surface area contributed by atoms with Crippen molar-refractivity contribution < 1.29 is 4.74 Å². The zero-order valence-corrected chi connectivity index (χ0v) is 9.92. The number of aryl methyl sites for hydroxylation is 2. The predicted molar refractivity (Wildman–Crippen MR) is 64.1 cm³/mol. The minimum atomic E-state index is 0.104. The number of hydrogen-bond donors (Lipinski definition) is 1. The van der Waals surface area contributed by atoms with E-state index >= 15 is 0 Å². The fourth-order valence-electron chi connectivity index (χ4n) is 1.56. The molecule has 0 aliphatic heterocycles. The van der Waals surface area contributed by atoms with Crippen molar-refractivity contribution in [1.82, 2.24) is 0 Å². The van der Waals surface area contributed by atoms with Gasteiger partial charge in [0.1, 0.15) is 0 Å². The standard InChI is InChI=1S/C13H21NO/c1-4-15-9-13(14)8-12-6-5-10(2)11(3)7-12/h5-7,13H,4,8-9,14H2,1-3H3. The molecule has 0 spiro atoms. The maximum Gasteiger partial charge on any atom is 0.0620 e. The third kappa shape index (κ3) is 4.02. The van der Waals surface area contributed by atoms with Crippen molar-refractivity contribution in [3.8, 4) is 0 Å². The lowest BCUT2D eigenvalue weighted by Crippen LogP contribution is -2.28. The summed E-state index contributed by atoms with van der Waals surface area (Å²) in [6.45, 7) is 7.62. The van der Waals surface area contributed by atoms with Gasteiger partial charge in [-0.1, -0.05) is 18.2 Å². The van der Waals surface area contributed by atoms with Gasteiger partial charge in [-0.25, -0.2) is 0 Å². The van der Waals surface area contributed by atoms with Gasteiger partial charge in [-0.15, -0.1) is 0 Å². The van der Waals surface area contributed by atoms with E-state index in [1.165, 1.54) is 16.7 Å². The van der Waals surface area contributed by atoms with Crippen LogP contribution in [0.2, 0.25) is 0 Å². The summed E-state index contributed by atoms with van der Waals surface area (Å²) >= 11 is 0. The van der Waals surface area contributed by atoms with Gasteiger partial charge < -0.3 is 10.5 Å². The van der Waals surface area contributed by atoms with Crippen LogP contribution in [0.1, 0.15) is 23.6 Å². The Morgan fingerprint density at radius 1 is 1.27 bits per heavy atom. The van der Waals surface area contributed by atoms with Crippen LogP contribution in [-0.2, 0) is 11.2 Å². The molecule has 0 aliphatic carbocycles. The van der Waals surface area contributed by atoms with Crippen LogP contribution in [0.25, 0.3) is 0 Å². The van der Waals surface area contributed by atoms with Crippen LogP contribution in [0.5, 0.6) is 0 Å². The molecule has 0 heterocycles. The fraction of sp³-hybridized carbons (Fsp3) is 0.538. The number of nitrogens with two attached hydrogens (primary N) is 1. The monoisotopic (exact) mass is 207 g/mol. The maximum atomic E-state index is 5.95. The van der Waals surface area contributed by atoms with Crippen molar-refractivity contribution in [3.63, 3.8) is 0 Å². The fourth-order valence-corrected chi connectivity index (χ4v) is 1.56. The second kappa shape index (κ2) is 5.89. The molecule has 1 unspecified atom stereocenters.